The van der Waals surface area contributed by atoms with E-state index < -0.39 is 44.1 Å². The van der Waals surface area contributed by atoms with Crippen molar-refractivity contribution in [3.63, 3.8) is 0 Å². The standard InChI is InChI=1S/C20H30F3NO4Si/c1-14-19(20(21,22)23,28-29(5,6)7)26-13-16(15-11-9-8-10-12-15)24(14)17(25)27-18(2,3)4/h8-12,14,16H,13H2,1-7H3/t14?,16-,19?/m1/s1. The summed E-state index contributed by atoms with van der Waals surface area (Å²) in [5, 5.41) is 0. The highest BCUT2D eigenvalue weighted by Gasteiger charge is 2.67. The monoisotopic (exact) mass is 433 g/mol. The van der Waals surface area contributed by atoms with Crippen molar-refractivity contribution in [3.05, 3.63) is 35.9 Å². The van der Waals surface area contributed by atoms with Crippen LogP contribution in [0.2, 0.25) is 19.6 Å². The smallest absolute Gasteiger partial charge is 0.444 e. The summed E-state index contributed by atoms with van der Waals surface area (Å²) in [7, 11) is -2.70. The van der Waals surface area contributed by atoms with Crippen molar-refractivity contribution in [2.75, 3.05) is 6.61 Å². The van der Waals surface area contributed by atoms with E-state index in [-0.39, 0.29) is 6.61 Å². The number of carbonyl (C=O) groups is 1. The molecule has 1 fully saturated rings. The first kappa shape index (κ1) is 23.7. The number of benzene rings is 1. The predicted molar refractivity (Wildman–Crippen MR) is 106 cm³/mol. The fourth-order valence-electron chi connectivity index (χ4n) is 3.33. The largest absolute Gasteiger partial charge is 0.444 e. The van der Waals surface area contributed by atoms with Crippen LogP contribution in [-0.2, 0) is 13.9 Å². The van der Waals surface area contributed by atoms with Gasteiger partial charge in [-0.1, -0.05) is 30.3 Å². The Labute approximate surface area is 171 Å². The van der Waals surface area contributed by atoms with Crippen LogP contribution in [0.1, 0.15) is 39.3 Å². The number of amides is 1. The van der Waals surface area contributed by atoms with Crippen molar-refractivity contribution in [3.8, 4) is 0 Å². The summed E-state index contributed by atoms with van der Waals surface area (Å²) in [6.45, 7) is 10.9. The third-order valence-corrected chi connectivity index (χ3v) is 5.32. The molecule has 0 aromatic heterocycles. The molecule has 1 heterocycles. The number of rotatable bonds is 3. The second-order valence-electron chi connectivity index (χ2n) is 9.18. The topological polar surface area (TPSA) is 48.0 Å². The van der Waals surface area contributed by atoms with Crippen molar-refractivity contribution < 1.29 is 31.9 Å². The molecular weight excluding hydrogens is 403 g/mol. The summed E-state index contributed by atoms with van der Waals surface area (Å²) >= 11 is 0. The van der Waals surface area contributed by atoms with Gasteiger partial charge in [-0.15, -0.1) is 0 Å². The quantitative estimate of drug-likeness (QED) is 0.591. The van der Waals surface area contributed by atoms with Crippen LogP contribution in [0.25, 0.3) is 0 Å². The predicted octanol–water partition coefficient (Wildman–Crippen LogP) is 5.49. The number of halogens is 3. The first-order chi connectivity index (χ1) is 13.1. The third-order valence-electron chi connectivity index (χ3n) is 4.40. The highest BCUT2D eigenvalue weighted by molar-refractivity contribution is 6.69. The van der Waals surface area contributed by atoms with Crippen LogP contribution in [0.4, 0.5) is 18.0 Å². The minimum absolute atomic E-state index is 0.364. The van der Waals surface area contributed by atoms with Gasteiger partial charge in [-0.25, -0.2) is 4.79 Å². The lowest BCUT2D eigenvalue weighted by Gasteiger charge is -2.53. The summed E-state index contributed by atoms with van der Waals surface area (Å²) in [5.74, 6) is -2.92. The Bertz CT molecular complexity index is 715. The van der Waals surface area contributed by atoms with E-state index in [0.29, 0.717) is 5.56 Å². The number of hydrogen-bond acceptors (Lipinski definition) is 4. The molecule has 0 bridgehead atoms. The Morgan fingerprint density at radius 3 is 2.17 bits per heavy atom. The Hall–Kier alpha value is -1.58. The van der Waals surface area contributed by atoms with E-state index in [9.17, 15) is 18.0 Å². The average molecular weight is 434 g/mol. The third kappa shape index (κ3) is 5.32. The van der Waals surface area contributed by atoms with E-state index in [1.165, 1.54) is 6.92 Å². The Morgan fingerprint density at radius 2 is 1.72 bits per heavy atom. The lowest BCUT2D eigenvalue weighted by molar-refractivity contribution is -0.391. The van der Waals surface area contributed by atoms with Crippen LogP contribution < -0.4 is 0 Å². The molecule has 0 aliphatic carbocycles. The highest BCUT2D eigenvalue weighted by atomic mass is 28.4. The van der Waals surface area contributed by atoms with Gasteiger partial charge >= 0.3 is 12.3 Å². The second kappa shape index (κ2) is 7.92. The highest BCUT2D eigenvalue weighted by Crippen LogP contribution is 2.47. The number of alkyl halides is 3. The zero-order valence-electron chi connectivity index (χ0n) is 18.0. The van der Waals surface area contributed by atoms with Gasteiger partial charge in [0.05, 0.1) is 18.7 Å². The molecule has 0 saturated carbocycles. The first-order valence-electron chi connectivity index (χ1n) is 9.54. The van der Waals surface area contributed by atoms with Crippen LogP contribution in [0.3, 0.4) is 0 Å². The van der Waals surface area contributed by atoms with Crippen LogP contribution in [-0.4, -0.2) is 49.5 Å². The molecular formula is C20H30F3NO4Si. The summed E-state index contributed by atoms with van der Waals surface area (Å²) in [5.41, 5.74) is -0.203. The molecule has 2 unspecified atom stereocenters. The SMILES string of the molecule is CC1N(C(=O)OC(C)(C)C)[C@@H](c2ccccc2)COC1(O[Si](C)(C)C)C(F)(F)F. The fraction of sp³-hybridized carbons (Fsp3) is 0.650. The molecule has 3 atom stereocenters. The summed E-state index contributed by atoms with van der Waals surface area (Å²) in [6.07, 6.45) is -5.68. The van der Waals surface area contributed by atoms with E-state index in [4.69, 9.17) is 13.9 Å². The molecule has 29 heavy (non-hydrogen) atoms. The van der Waals surface area contributed by atoms with Gasteiger partial charge in [0, 0.05) is 0 Å². The van der Waals surface area contributed by atoms with Gasteiger partial charge in [0.25, 0.3) is 5.79 Å². The van der Waals surface area contributed by atoms with Gasteiger partial charge < -0.3 is 13.9 Å². The molecule has 1 aliphatic heterocycles. The Kier molecular flexibility index (Phi) is 6.47. The van der Waals surface area contributed by atoms with E-state index in [1.807, 2.05) is 0 Å². The lowest BCUT2D eigenvalue weighted by Crippen LogP contribution is -2.70. The minimum atomic E-state index is -4.84. The maximum Gasteiger partial charge on any atom is 0.444 e. The molecule has 1 aromatic carbocycles. The lowest BCUT2D eigenvalue weighted by atomic mass is 9.97. The molecule has 1 aliphatic rings. The summed E-state index contributed by atoms with van der Waals surface area (Å²) < 4.78 is 59.3. The van der Waals surface area contributed by atoms with Crippen LogP contribution in [0.5, 0.6) is 0 Å². The molecule has 0 radical (unpaired) electrons. The van der Waals surface area contributed by atoms with E-state index in [0.717, 1.165) is 4.90 Å². The normalized spacial score (nSPS) is 26.3. The maximum atomic E-state index is 14.3. The van der Waals surface area contributed by atoms with E-state index in [1.54, 1.807) is 70.7 Å². The van der Waals surface area contributed by atoms with Gasteiger partial charge in [-0.2, -0.15) is 13.2 Å². The molecule has 164 valence electrons. The van der Waals surface area contributed by atoms with Gasteiger partial charge in [-0.05, 0) is 52.9 Å². The molecule has 0 N–H and O–H groups in total. The summed E-state index contributed by atoms with van der Waals surface area (Å²) in [6, 6.07) is 6.62. The molecule has 9 heteroatoms. The van der Waals surface area contributed by atoms with Gasteiger partial charge in [0.15, 0.2) is 8.32 Å². The molecule has 1 aromatic rings. The zero-order chi connectivity index (χ0) is 22.3. The molecule has 1 amide bonds. The Balaban J connectivity index is 2.55. The van der Waals surface area contributed by atoms with Crippen LogP contribution >= 0.6 is 0 Å². The molecule has 5 nitrogen and oxygen atoms in total. The molecule has 0 spiro atoms. The van der Waals surface area contributed by atoms with E-state index >= 15 is 0 Å². The number of nitrogens with zero attached hydrogens (tertiary/aromatic N) is 1. The second-order valence-corrected chi connectivity index (χ2v) is 13.6. The van der Waals surface area contributed by atoms with Crippen LogP contribution in [0.15, 0.2) is 30.3 Å². The van der Waals surface area contributed by atoms with Gasteiger partial charge in [0.2, 0.25) is 0 Å². The number of carbonyl (C=O) groups excluding carboxylic acids is 1. The van der Waals surface area contributed by atoms with Crippen molar-refractivity contribution in [2.24, 2.45) is 0 Å². The number of ether oxygens (including phenoxy) is 2. The minimum Gasteiger partial charge on any atom is -0.444 e. The van der Waals surface area contributed by atoms with Gasteiger partial charge in [0.1, 0.15) is 5.60 Å². The fourth-order valence-corrected chi connectivity index (χ4v) is 4.59. The number of morpholine rings is 1. The number of hydrogen-bond donors (Lipinski definition) is 0. The average Bonchev–Trinajstić information content (AvgIpc) is 2.53. The maximum absolute atomic E-state index is 14.3. The van der Waals surface area contributed by atoms with Crippen LogP contribution in [0, 0.1) is 0 Å². The van der Waals surface area contributed by atoms with Crippen molar-refractivity contribution >= 4 is 14.4 Å². The van der Waals surface area contributed by atoms with Crippen molar-refractivity contribution in [1.29, 1.82) is 0 Å². The molecule has 1 saturated heterocycles. The van der Waals surface area contributed by atoms with E-state index in [2.05, 4.69) is 0 Å². The summed E-state index contributed by atoms with van der Waals surface area (Å²) in [4.78, 5) is 14.1. The zero-order valence-corrected chi connectivity index (χ0v) is 19.0. The van der Waals surface area contributed by atoms with Crippen molar-refractivity contribution in [1.82, 2.24) is 4.90 Å². The molecule has 2 rings (SSSR count). The first-order valence-corrected chi connectivity index (χ1v) is 13.0. The van der Waals surface area contributed by atoms with Crippen molar-refractivity contribution in [2.45, 2.75) is 77.0 Å². The Morgan fingerprint density at radius 1 is 1.17 bits per heavy atom. The van der Waals surface area contributed by atoms with Gasteiger partial charge in [-0.3, -0.25) is 4.90 Å².